The molecule has 0 fully saturated rings. The summed E-state index contributed by atoms with van der Waals surface area (Å²) in [5.41, 5.74) is 0.749. The monoisotopic (exact) mass is 232 g/mol. The molecule has 2 aromatic rings. The summed E-state index contributed by atoms with van der Waals surface area (Å²) in [6.07, 6.45) is 0. The van der Waals surface area contributed by atoms with Crippen LogP contribution in [0.5, 0.6) is 0 Å². The van der Waals surface area contributed by atoms with Crippen molar-refractivity contribution >= 4 is 15.2 Å². The van der Waals surface area contributed by atoms with E-state index in [9.17, 15) is 8.76 Å². The zero-order valence-corrected chi connectivity index (χ0v) is 9.43. The third-order valence-corrected chi connectivity index (χ3v) is 3.72. The van der Waals surface area contributed by atoms with Gasteiger partial charge in [0.1, 0.15) is 9.80 Å². The van der Waals surface area contributed by atoms with Gasteiger partial charge in [0.15, 0.2) is 0 Å². The summed E-state index contributed by atoms with van der Waals surface area (Å²) in [6.45, 7) is 0. The first-order valence-electron chi connectivity index (χ1n) is 4.90. The van der Waals surface area contributed by atoms with E-state index in [0.29, 0.717) is 4.90 Å². The van der Waals surface area contributed by atoms with E-state index < -0.39 is 9.80 Å². The summed E-state index contributed by atoms with van der Waals surface area (Å²) in [4.78, 5) is 0.429. The minimum atomic E-state index is -3.09. The van der Waals surface area contributed by atoms with E-state index >= 15 is 0 Å². The first-order valence-corrected chi connectivity index (χ1v) is 6.48. The highest BCUT2D eigenvalue weighted by molar-refractivity contribution is 7.96. The lowest BCUT2D eigenvalue weighted by molar-refractivity contribution is 0.560. The molecule has 0 amide bonds. The Morgan fingerprint density at radius 3 is 1.94 bits per heavy atom. The molecule has 3 heteroatoms. The topological polar surface area (TPSA) is 37.3 Å². The molecule has 16 heavy (non-hydrogen) atoms. The Labute approximate surface area is 95.4 Å². The molecule has 0 aliphatic heterocycles. The molecule has 0 saturated carbocycles. The van der Waals surface area contributed by atoms with Crippen LogP contribution in [0.2, 0.25) is 0 Å². The average Bonchev–Trinajstić information content (AvgIpc) is 2.31. The molecule has 2 nitrogen and oxygen atoms in total. The van der Waals surface area contributed by atoms with Crippen molar-refractivity contribution in [2.45, 2.75) is 4.90 Å². The largest absolute Gasteiger partial charge is 0.310 e. The molecular weight excluding hydrogens is 220 g/mol. The molecule has 0 spiro atoms. The highest BCUT2D eigenvalue weighted by Gasteiger charge is 2.04. The predicted octanol–water partition coefficient (Wildman–Crippen LogP) is 2.65. The van der Waals surface area contributed by atoms with Crippen molar-refractivity contribution in [1.29, 1.82) is 0 Å². The zero-order valence-electron chi connectivity index (χ0n) is 8.61. The molecule has 1 unspecified atom stereocenters. The molecule has 0 saturated heterocycles. The molecule has 0 bridgehead atoms. The minimum Gasteiger partial charge on any atom is -0.310 e. The quantitative estimate of drug-likeness (QED) is 0.808. The minimum absolute atomic E-state index is 0.429. The Bertz CT molecular complexity index is 567. The van der Waals surface area contributed by atoms with Crippen LogP contribution in [0.25, 0.3) is 0 Å². The number of hydrogen-bond donors (Lipinski definition) is 1. The lowest BCUT2D eigenvalue weighted by Gasteiger charge is -2.03. The highest BCUT2D eigenvalue weighted by atomic mass is 32.2. The second-order valence-corrected chi connectivity index (χ2v) is 5.25. The Hall–Kier alpha value is -1.58. The van der Waals surface area contributed by atoms with E-state index in [2.05, 4.69) is 0 Å². The molecule has 2 aromatic carbocycles. The van der Waals surface area contributed by atoms with Crippen LogP contribution < -0.4 is 0 Å². The first-order chi connectivity index (χ1) is 7.68. The molecule has 0 aliphatic rings. The van der Waals surface area contributed by atoms with Gasteiger partial charge in [0.25, 0.3) is 0 Å². The van der Waals surface area contributed by atoms with Crippen LogP contribution in [-0.2, 0) is 9.80 Å². The van der Waals surface area contributed by atoms with Crippen molar-refractivity contribution in [2.24, 2.45) is 0 Å². The molecule has 0 radical (unpaired) electrons. The van der Waals surface area contributed by atoms with Crippen molar-refractivity contribution < 1.29 is 8.76 Å². The van der Waals surface area contributed by atoms with E-state index in [1.54, 1.807) is 36.4 Å². The van der Waals surface area contributed by atoms with Gasteiger partial charge in [-0.3, -0.25) is 0 Å². The molecular formula is C13H12O2S. The fourth-order valence-electron chi connectivity index (χ4n) is 1.40. The van der Waals surface area contributed by atoms with Gasteiger partial charge in [-0.15, -0.1) is 0 Å². The standard InChI is InChI=1S/C13H12O2S/c14-16(15,13-9-5-2-6-10-13)11-12-7-3-1-4-8-12/h1-11H,(H,14,15). The van der Waals surface area contributed by atoms with Gasteiger partial charge in [-0.2, -0.15) is 0 Å². The van der Waals surface area contributed by atoms with E-state index in [4.69, 9.17) is 0 Å². The molecule has 1 atom stereocenters. The highest BCUT2D eigenvalue weighted by Crippen LogP contribution is 2.09. The third kappa shape index (κ3) is 2.51. The summed E-state index contributed by atoms with van der Waals surface area (Å²) >= 11 is 0. The van der Waals surface area contributed by atoms with Crippen LogP contribution in [-0.4, -0.2) is 14.1 Å². The molecule has 1 N–H and O–H groups in total. The summed E-state index contributed by atoms with van der Waals surface area (Å²) in [6, 6.07) is 17.8. The van der Waals surface area contributed by atoms with E-state index in [-0.39, 0.29) is 0 Å². The Kier molecular flexibility index (Phi) is 3.08. The van der Waals surface area contributed by atoms with Crippen molar-refractivity contribution in [2.75, 3.05) is 0 Å². The van der Waals surface area contributed by atoms with Crippen LogP contribution in [0.15, 0.2) is 65.6 Å². The maximum atomic E-state index is 12.1. The summed E-state index contributed by atoms with van der Waals surface area (Å²) in [5.74, 6) is 0. The Balaban J connectivity index is 2.48. The van der Waals surface area contributed by atoms with Gasteiger partial charge in [-0.25, -0.2) is 4.21 Å². The maximum absolute atomic E-state index is 12.1. The number of rotatable bonds is 2. The van der Waals surface area contributed by atoms with E-state index in [0.717, 1.165) is 5.56 Å². The summed E-state index contributed by atoms with van der Waals surface area (Å²) in [7, 11) is -3.09. The van der Waals surface area contributed by atoms with Gasteiger partial charge < -0.3 is 4.55 Å². The summed E-state index contributed by atoms with van der Waals surface area (Å²) < 4.78 is 22.0. The van der Waals surface area contributed by atoms with Crippen molar-refractivity contribution in [3.63, 3.8) is 0 Å². The normalized spacial score (nSPS) is 14.1. The fourth-order valence-corrected chi connectivity index (χ4v) is 2.61. The fraction of sp³-hybridized carbons (Fsp3) is 0. The molecule has 0 aliphatic carbocycles. The van der Waals surface area contributed by atoms with Gasteiger partial charge in [0.05, 0.1) is 4.90 Å². The lowest BCUT2D eigenvalue weighted by Crippen LogP contribution is -2.03. The van der Waals surface area contributed by atoms with Crippen molar-refractivity contribution in [3.05, 3.63) is 66.2 Å². The van der Waals surface area contributed by atoms with Gasteiger partial charge in [-0.1, -0.05) is 48.5 Å². The van der Waals surface area contributed by atoms with Gasteiger partial charge >= 0.3 is 0 Å². The second kappa shape index (κ2) is 4.51. The zero-order chi connectivity index (χ0) is 11.4. The SMILES string of the molecule is O=S(O)(=Cc1ccccc1)c1ccccc1. The number of benzene rings is 2. The maximum Gasteiger partial charge on any atom is 0.111 e. The Morgan fingerprint density at radius 2 is 1.38 bits per heavy atom. The van der Waals surface area contributed by atoms with E-state index in [1.165, 1.54) is 5.37 Å². The average molecular weight is 232 g/mol. The van der Waals surface area contributed by atoms with Crippen LogP contribution in [0, 0.1) is 0 Å². The molecule has 82 valence electrons. The molecule has 2 rings (SSSR count). The van der Waals surface area contributed by atoms with Crippen LogP contribution in [0.1, 0.15) is 5.56 Å². The lowest BCUT2D eigenvalue weighted by atomic mass is 10.2. The number of hydrogen-bond acceptors (Lipinski definition) is 1. The van der Waals surface area contributed by atoms with Crippen LogP contribution >= 0.6 is 0 Å². The van der Waals surface area contributed by atoms with Gasteiger partial charge in [0, 0.05) is 5.37 Å². The van der Waals surface area contributed by atoms with Crippen LogP contribution in [0.4, 0.5) is 0 Å². The summed E-state index contributed by atoms with van der Waals surface area (Å²) in [5, 5.41) is 1.39. The van der Waals surface area contributed by atoms with Crippen molar-refractivity contribution in [3.8, 4) is 0 Å². The first kappa shape index (κ1) is 10.9. The Morgan fingerprint density at radius 1 is 0.875 bits per heavy atom. The molecule has 0 heterocycles. The van der Waals surface area contributed by atoms with Gasteiger partial charge in [0.2, 0.25) is 0 Å². The second-order valence-electron chi connectivity index (χ2n) is 3.41. The van der Waals surface area contributed by atoms with Gasteiger partial charge in [-0.05, 0) is 17.7 Å². The van der Waals surface area contributed by atoms with E-state index in [1.807, 2.05) is 24.3 Å². The smallest absolute Gasteiger partial charge is 0.111 e. The van der Waals surface area contributed by atoms with Crippen LogP contribution in [0.3, 0.4) is 0 Å². The van der Waals surface area contributed by atoms with Crippen molar-refractivity contribution in [1.82, 2.24) is 0 Å². The predicted molar refractivity (Wildman–Crippen MR) is 67.1 cm³/mol. The molecule has 0 aromatic heterocycles. The third-order valence-electron chi connectivity index (χ3n) is 2.18.